The van der Waals surface area contributed by atoms with Crippen molar-refractivity contribution in [3.8, 4) is 22.5 Å². The van der Waals surface area contributed by atoms with Crippen LogP contribution in [0.1, 0.15) is 68.5 Å². The third-order valence-electron chi connectivity index (χ3n) is 10.4. The van der Waals surface area contributed by atoms with E-state index in [1.165, 1.54) is 72.4 Å². The third-order valence-corrected chi connectivity index (χ3v) is 10.4. The fraction of sp³-hybridized carbons (Fsp3) is 0.349. The Kier molecular flexibility index (Phi) is 9.61. The van der Waals surface area contributed by atoms with E-state index in [1.807, 2.05) is 12.4 Å². The molecule has 4 nitrogen and oxygen atoms in total. The average molecular weight is 623 g/mol. The van der Waals surface area contributed by atoms with E-state index >= 15 is 0 Å². The van der Waals surface area contributed by atoms with Crippen LogP contribution in [0.3, 0.4) is 0 Å². The zero-order valence-corrected chi connectivity index (χ0v) is 29.6. The second-order valence-electron chi connectivity index (χ2n) is 14.0. The lowest BCUT2D eigenvalue weighted by atomic mass is 9.95. The molecule has 47 heavy (non-hydrogen) atoms. The molecule has 1 aliphatic heterocycles. The van der Waals surface area contributed by atoms with Crippen LogP contribution in [0.5, 0.6) is 0 Å². The van der Waals surface area contributed by atoms with E-state index in [-0.39, 0.29) is 0 Å². The van der Waals surface area contributed by atoms with E-state index in [4.69, 9.17) is 9.97 Å². The van der Waals surface area contributed by atoms with Crippen LogP contribution < -0.4 is 4.90 Å². The summed E-state index contributed by atoms with van der Waals surface area (Å²) in [5.74, 6) is 0. The Morgan fingerprint density at radius 1 is 0.660 bits per heavy atom. The minimum absolute atomic E-state index is 0.452. The Bertz CT molecular complexity index is 1830. The second kappa shape index (κ2) is 13.8. The lowest BCUT2D eigenvalue weighted by Gasteiger charge is -2.40. The summed E-state index contributed by atoms with van der Waals surface area (Å²) < 4.78 is 0. The molecule has 0 saturated carbocycles. The highest BCUT2D eigenvalue weighted by Crippen LogP contribution is 2.32. The minimum atomic E-state index is 0.452. The van der Waals surface area contributed by atoms with Gasteiger partial charge in [0, 0.05) is 61.4 Å². The number of benzene rings is 3. The van der Waals surface area contributed by atoms with Crippen molar-refractivity contribution in [2.24, 2.45) is 0 Å². The first-order chi connectivity index (χ1) is 22.5. The van der Waals surface area contributed by atoms with Gasteiger partial charge in [0.15, 0.2) is 0 Å². The van der Waals surface area contributed by atoms with E-state index in [1.54, 1.807) is 0 Å². The van der Waals surface area contributed by atoms with Gasteiger partial charge in [-0.1, -0.05) is 12.1 Å². The van der Waals surface area contributed by atoms with Crippen molar-refractivity contribution in [1.82, 2.24) is 14.9 Å². The summed E-state index contributed by atoms with van der Waals surface area (Å²) in [5, 5.41) is 0. The quantitative estimate of drug-likeness (QED) is 0.172. The highest BCUT2D eigenvalue weighted by atomic mass is 15.2. The number of pyridine rings is 2. The van der Waals surface area contributed by atoms with E-state index in [0.717, 1.165) is 50.4 Å². The summed E-state index contributed by atoms with van der Waals surface area (Å²) in [6.45, 7) is 21.6. The Morgan fingerprint density at radius 3 is 1.87 bits per heavy atom. The Hall–Kier alpha value is -4.28. The maximum Gasteiger partial charge on any atom is 0.0752 e. The predicted molar refractivity (Wildman–Crippen MR) is 198 cm³/mol. The van der Waals surface area contributed by atoms with Gasteiger partial charge in [0.2, 0.25) is 0 Å². The minimum Gasteiger partial charge on any atom is -0.364 e. The maximum absolute atomic E-state index is 4.95. The van der Waals surface area contributed by atoms with Gasteiger partial charge in [-0.3, -0.25) is 14.9 Å². The molecule has 0 atom stereocenters. The molecule has 1 fully saturated rings. The van der Waals surface area contributed by atoms with Crippen LogP contribution in [-0.4, -0.2) is 34.0 Å². The molecule has 0 radical (unpaired) electrons. The Morgan fingerprint density at radius 2 is 1.26 bits per heavy atom. The average Bonchev–Trinajstić information content (AvgIpc) is 3.05. The maximum atomic E-state index is 4.95. The van der Waals surface area contributed by atoms with Crippen LogP contribution in [0.2, 0.25) is 0 Å². The van der Waals surface area contributed by atoms with Crippen LogP contribution in [0.25, 0.3) is 22.5 Å². The largest absolute Gasteiger partial charge is 0.364 e. The van der Waals surface area contributed by atoms with Crippen molar-refractivity contribution in [2.75, 3.05) is 18.0 Å². The van der Waals surface area contributed by atoms with Crippen LogP contribution in [-0.2, 0) is 13.1 Å². The van der Waals surface area contributed by atoms with Gasteiger partial charge >= 0.3 is 0 Å². The van der Waals surface area contributed by atoms with Crippen molar-refractivity contribution in [1.29, 1.82) is 0 Å². The molecule has 3 aromatic carbocycles. The SMILES string of the molecule is Cc1cc(C)cc(N(Cc2cccnc2-c2cc(C)c(C)c(C)c2)C2CCN(Cc3ccnc(-c4cc(C)c(C)c(C)c4)c3)CC2)c1. The van der Waals surface area contributed by atoms with Crippen molar-refractivity contribution in [3.63, 3.8) is 0 Å². The molecule has 0 aliphatic carbocycles. The first-order valence-electron chi connectivity index (χ1n) is 17.2. The Balaban J connectivity index is 1.23. The molecular formula is C43H50N4. The third kappa shape index (κ3) is 7.34. The molecule has 0 spiro atoms. The van der Waals surface area contributed by atoms with Crippen molar-refractivity contribution in [2.45, 2.75) is 87.4 Å². The molecule has 5 aromatic rings. The smallest absolute Gasteiger partial charge is 0.0752 e. The monoisotopic (exact) mass is 622 g/mol. The first-order valence-corrected chi connectivity index (χ1v) is 17.2. The van der Waals surface area contributed by atoms with E-state index in [0.29, 0.717) is 6.04 Å². The lowest BCUT2D eigenvalue weighted by molar-refractivity contribution is 0.201. The highest BCUT2D eigenvalue weighted by molar-refractivity contribution is 5.67. The van der Waals surface area contributed by atoms with E-state index < -0.39 is 0 Å². The highest BCUT2D eigenvalue weighted by Gasteiger charge is 2.27. The summed E-state index contributed by atoms with van der Waals surface area (Å²) in [7, 11) is 0. The van der Waals surface area contributed by atoms with Crippen LogP contribution in [0.15, 0.2) is 79.1 Å². The van der Waals surface area contributed by atoms with Crippen molar-refractivity contribution < 1.29 is 0 Å². The topological polar surface area (TPSA) is 32.3 Å². The number of anilines is 1. The normalized spacial score (nSPS) is 14.0. The number of likely N-dealkylation sites (tertiary alicyclic amines) is 1. The number of hydrogen-bond donors (Lipinski definition) is 0. The zero-order valence-electron chi connectivity index (χ0n) is 29.6. The molecule has 1 aliphatic rings. The molecule has 0 unspecified atom stereocenters. The first kappa shape index (κ1) is 32.7. The molecule has 2 aromatic heterocycles. The van der Waals surface area contributed by atoms with Gasteiger partial charge in [-0.05, 0) is 178 Å². The van der Waals surface area contributed by atoms with Gasteiger partial charge in [-0.2, -0.15) is 0 Å². The fourth-order valence-electron chi connectivity index (χ4n) is 7.29. The second-order valence-corrected chi connectivity index (χ2v) is 14.0. The summed E-state index contributed by atoms with van der Waals surface area (Å²) >= 11 is 0. The molecule has 242 valence electrons. The summed E-state index contributed by atoms with van der Waals surface area (Å²) in [6.07, 6.45) is 6.17. The van der Waals surface area contributed by atoms with Gasteiger partial charge in [0.05, 0.1) is 11.4 Å². The van der Waals surface area contributed by atoms with Gasteiger partial charge in [-0.25, -0.2) is 0 Å². The number of aromatic nitrogens is 2. The molecule has 0 amide bonds. The number of piperidine rings is 1. The summed E-state index contributed by atoms with van der Waals surface area (Å²) in [6, 6.07) is 25.5. The van der Waals surface area contributed by atoms with Crippen molar-refractivity contribution in [3.05, 3.63) is 135 Å². The molecule has 4 heteroatoms. The van der Waals surface area contributed by atoms with Crippen LogP contribution >= 0.6 is 0 Å². The van der Waals surface area contributed by atoms with Gasteiger partial charge in [0.1, 0.15) is 0 Å². The number of rotatable bonds is 8. The van der Waals surface area contributed by atoms with Crippen LogP contribution in [0, 0.1) is 55.4 Å². The van der Waals surface area contributed by atoms with Crippen LogP contribution in [0.4, 0.5) is 5.69 Å². The molecule has 1 saturated heterocycles. The zero-order chi connectivity index (χ0) is 33.2. The number of hydrogen-bond acceptors (Lipinski definition) is 4. The van der Waals surface area contributed by atoms with E-state index in [9.17, 15) is 0 Å². The summed E-state index contributed by atoms with van der Waals surface area (Å²) in [5.41, 5.74) is 19.1. The number of aryl methyl sites for hydroxylation is 6. The van der Waals surface area contributed by atoms with Gasteiger partial charge < -0.3 is 4.90 Å². The van der Waals surface area contributed by atoms with Gasteiger partial charge in [0.25, 0.3) is 0 Å². The molecule has 0 bridgehead atoms. The predicted octanol–water partition coefficient (Wildman–Crippen LogP) is 9.95. The fourth-order valence-corrected chi connectivity index (χ4v) is 7.29. The molecular weight excluding hydrogens is 573 g/mol. The van der Waals surface area contributed by atoms with E-state index in [2.05, 4.69) is 132 Å². The lowest BCUT2D eigenvalue weighted by Crippen LogP contribution is -2.44. The van der Waals surface area contributed by atoms with Crippen molar-refractivity contribution >= 4 is 5.69 Å². The summed E-state index contributed by atoms with van der Waals surface area (Å²) in [4.78, 5) is 15.0. The molecule has 0 N–H and O–H groups in total. The number of nitrogens with zero attached hydrogens (tertiary/aromatic N) is 4. The molecule has 3 heterocycles. The Labute approximate surface area is 282 Å². The molecule has 6 rings (SSSR count). The van der Waals surface area contributed by atoms with Gasteiger partial charge in [-0.15, -0.1) is 0 Å². The standard InChI is InChI=1S/C43H50N4/c1-28-18-29(2)20-41(19-28)47(27-37-10-9-14-45-43(37)39-23-32(5)35(8)33(6)24-39)40-12-16-46(17-13-40)26-36-11-15-44-42(25-36)38-21-30(3)34(7)31(4)22-38/h9-11,14-15,18-25,40H,12-13,16-17,26-27H2,1-8H3.